The first-order valence-corrected chi connectivity index (χ1v) is 7.22. The molecular weight excluding hydrogens is 303 g/mol. The number of aliphatic carboxylic acids is 1. The summed E-state index contributed by atoms with van der Waals surface area (Å²) in [7, 11) is 1.62. The number of rotatable bonds is 2. The fourth-order valence-electron chi connectivity index (χ4n) is 2.98. The normalized spacial score (nSPS) is 15.8. The molecule has 0 N–H and O–H groups in total. The molecule has 2 heterocycles. The Balaban J connectivity index is 0.00000208. The predicted octanol–water partition coefficient (Wildman–Crippen LogP) is -2.74. The van der Waals surface area contributed by atoms with E-state index in [0.29, 0.717) is 22.4 Å². The van der Waals surface area contributed by atoms with Crippen LogP contribution in [0.4, 0.5) is 5.69 Å². The van der Waals surface area contributed by atoms with Crippen molar-refractivity contribution in [2.75, 3.05) is 11.4 Å². The number of hydrogen-bond acceptors (Lipinski definition) is 4. The van der Waals surface area contributed by atoms with Gasteiger partial charge in [0.05, 0.1) is 29.7 Å². The van der Waals surface area contributed by atoms with Crippen molar-refractivity contribution in [3.63, 3.8) is 0 Å². The molecule has 1 atom stereocenters. The number of carboxylic acids is 1. The molecule has 0 bridgehead atoms. The second-order valence-electron chi connectivity index (χ2n) is 5.60. The van der Waals surface area contributed by atoms with E-state index >= 15 is 0 Å². The van der Waals surface area contributed by atoms with Crippen LogP contribution in [0.25, 0.3) is 11.1 Å². The maximum absolute atomic E-state index is 12.7. The summed E-state index contributed by atoms with van der Waals surface area (Å²) in [5.41, 5.74) is 1.73. The van der Waals surface area contributed by atoms with Crippen molar-refractivity contribution in [1.29, 1.82) is 0 Å². The Labute approximate surface area is 150 Å². The summed E-state index contributed by atoms with van der Waals surface area (Å²) in [6.45, 7) is 1.12. The molecule has 0 fully saturated rings. The number of carbonyl (C=O) groups excluding carboxylic acids is 2. The van der Waals surface area contributed by atoms with Gasteiger partial charge in [0, 0.05) is 13.2 Å². The molecule has 118 valence electrons. The number of nitrogens with zero attached hydrogens (tertiary/aromatic N) is 2. The number of benzene rings is 1. The van der Waals surface area contributed by atoms with Gasteiger partial charge in [0.15, 0.2) is 0 Å². The quantitative estimate of drug-likeness (QED) is 0.563. The number of carboxylic acid groups (broad SMARTS) is 1. The van der Waals surface area contributed by atoms with Crippen LogP contribution in [-0.4, -0.2) is 23.0 Å². The van der Waals surface area contributed by atoms with Gasteiger partial charge in [-0.05, 0) is 24.1 Å². The summed E-state index contributed by atoms with van der Waals surface area (Å²) in [5, 5.41) is 11.1. The molecule has 2 aromatic rings. The summed E-state index contributed by atoms with van der Waals surface area (Å²) in [6, 6.07) is 8.75. The van der Waals surface area contributed by atoms with Gasteiger partial charge >= 0.3 is 18.9 Å². The second-order valence-corrected chi connectivity index (χ2v) is 5.60. The number of fused-ring (bicyclic) bond motifs is 3. The molecule has 0 saturated carbocycles. The van der Waals surface area contributed by atoms with E-state index in [2.05, 4.69) is 0 Å². The van der Waals surface area contributed by atoms with Crippen molar-refractivity contribution in [1.82, 2.24) is 4.57 Å². The Bertz CT molecular complexity index is 875. The fourth-order valence-corrected chi connectivity index (χ4v) is 2.98. The Kier molecular flexibility index (Phi) is 5.02. The van der Waals surface area contributed by atoms with Crippen molar-refractivity contribution in [2.45, 2.75) is 12.8 Å². The molecule has 1 amide bonds. The summed E-state index contributed by atoms with van der Waals surface area (Å²) in [5.74, 6) is -2.29. The van der Waals surface area contributed by atoms with E-state index in [0.717, 1.165) is 4.90 Å². The van der Waals surface area contributed by atoms with Crippen LogP contribution in [-0.2, 0) is 16.6 Å². The minimum absolute atomic E-state index is 0. The standard InChI is InChI=1S/C17H16N2O4.Li/c1-10-11-5-3-4-6-12(11)15-13(7-8-18(2)17(15)23)19(16(10)22)9-14(20)21;/h3-8,10H,9H2,1-2H3,(H,20,21);/q;+1/p-1. The van der Waals surface area contributed by atoms with Crippen LogP contribution in [0.2, 0.25) is 0 Å². The zero-order valence-corrected chi connectivity index (χ0v) is 13.8. The molecule has 6 nitrogen and oxygen atoms in total. The van der Waals surface area contributed by atoms with Gasteiger partial charge in [0.1, 0.15) is 0 Å². The van der Waals surface area contributed by atoms with Crippen LogP contribution in [0.15, 0.2) is 41.3 Å². The zero-order valence-electron chi connectivity index (χ0n) is 13.8. The van der Waals surface area contributed by atoms with Gasteiger partial charge in [-0.15, -0.1) is 0 Å². The second kappa shape index (κ2) is 6.68. The number of carbonyl (C=O) groups is 2. The van der Waals surface area contributed by atoms with E-state index in [1.807, 2.05) is 0 Å². The van der Waals surface area contributed by atoms with Crippen LogP contribution in [0.3, 0.4) is 0 Å². The molecule has 1 aromatic heterocycles. The van der Waals surface area contributed by atoms with Gasteiger partial charge < -0.3 is 19.4 Å². The van der Waals surface area contributed by atoms with Crippen LogP contribution in [0.5, 0.6) is 0 Å². The number of aromatic nitrogens is 1. The van der Waals surface area contributed by atoms with E-state index in [9.17, 15) is 19.5 Å². The molecule has 1 aliphatic heterocycles. The third kappa shape index (κ3) is 2.79. The van der Waals surface area contributed by atoms with Crippen LogP contribution in [0.1, 0.15) is 18.4 Å². The average molecular weight is 318 g/mol. The molecule has 3 rings (SSSR count). The number of hydrogen-bond donors (Lipinski definition) is 0. The number of aryl methyl sites for hydroxylation is 1. The molecule has 1 unspecified atom stereocenters. The van der Waals surface area contributed by atoms with Gasteiger partial charge in [-0.3, -0.25) is 9.59 Å². The molecule has 0 aliphatic carbocycles. The largest absolute Gasteiger partial charge is 1.00 e. The fraction of sp³-hybridized carbons (Fsp3) is 0.235. The molecule has 7 heteroatoms. The van der Waals surface area contributed by atoms with E-state index in [1.165, 1.54) is 10.8 Å². The minimum atomic E-state index is -1.37. The number of amides is 1. The third-order valence-electron chi connectivity index (χ3n) is 4.16. The van der Waals surface area contributed by atoms with E-state index in [4.69, 9.17) is 0 Å². The zero-order chi connectivity index (χ0) is 16.7. The molecule has 0 spiro atoms. The average Bonchev–Trinajstić information content (AvgIpc) is 2.61. The summed E-state index contributed by atoms with van der Waals surface area (Å²) < 4.78 is 1.41. The summed E-state index contributed by atoms with van der Waals surface area (Å²) in [4.78, 5) is 37.6. The first kappa shape index (κ1) is 18.1. The monoisotopic (exact) mass is 318 g/mol. The predicted molar refractivity (Wildman–Crippen MR) is 82.9 cm³/mol. The maximum atomic E-state index is 12.7. The van der Waals surface area contributed by atoms with E-state index in [-0.39, 0.29) is 30.3 Å². The molecular formula is C17H15LiN2O4. The van der Waals surface area contributed by atoms with Gasteiger partial charge in [0.25, 0.3) is 5.56 Å². The Morgan fingerprint density at radius 2 is 1.88 bits per heavy atom. The Morgan fingerprint density at radius 3 is 2.54 bits per heavy atom. The third-order valence-corrected chi connectivity index (χ3v) is 4.16. The van der Waals surface area contributed by atoms with Crippen molar-refractivity contribution < 1.29 is 33.6 Å². The van der Waals surface area contributed by atoms with Crippen molar-refractivity contribution in [2.24, 2.45) is 7.05 Å². The van der Waals surface area contributed by atoms with Crippen LogP contribution in [0, 0.1) is 0 Å². The molecule has 0 saturated heterocycles. The minimum Gasteiger partial charge on any atom is -0.548 e. The first-order valence-electron chi connectivity index (χ1n) is 7.22. The van der Waals surface area contributed by atoms with Crippen LogP contribution >= 0.6 is 0 Å². The van der Waals surface area contributed by atoms with Crippen molar-refractivity contribution in [3.05, 3.63) is 52.4 Å². The molecule has 24 heavy (non-hydrogen) atoms. The SMILES string of the molecule is CC1C(=O)N(CC(=O)[O-])c2ccn(C)c(=O)c2-c2ccccc21.[Li+]. The van der Waals surface area contributed by atoms with Gasteiger partial charge in [0.2, 0.25) is 5.91 Å². The summed E-state index contributed by atoms with van der Waals surface area (Å²) >= 11 is 0. The van der Waals surface area contributed by atoms with Gasteiger partial charge in [-0.2, -0.15) is 0 Å². The molecule has 1 aromatic carbocycles. The van der Waals surface area contributed by atoms with E-state index in [1.54, 1.807) is 44.3 Å². The van der Waals surface area contributed by atoms with Gasteiger partial charge in [-0.25, -0.2) is 0 Å². The maximum Gasteiger partial charge on any atom is 1.00 e. The Hall–Kier alpha value is -2.29. The van der Waals surface area contributed by atoms with Crippen LogP contribution < -0.4 is 34.4 Å². The number of anilines is 1. The smallest absolute Gasteiger partial charge is 0.548 e. The van der Waals surface area contributed by atoms with Crippen molar-refractivity contribution in [3.8, 4) is 11.1 Å². The van der Waals surface area contributed by atoms with Gasteiger partial charge in [-0.1, -0.05) is 24.3 Å². The molecule has 0 radical (unpaired) electrons. The van der Waals surface area contributed by atoms with Crippen molar-refractivity contribution >= 4 is 17.6 Å². The Morgan fingerprint density at radius 1 is 1.21 bits per heavy atom. The first-order chi connectivity index (χ1) is 10.9. The van der Waals surface area contributed by atoms with E-state index < -0.39 is 18.4 Å². The topological polar surface area (TPSA) is 82.4 Å². The molecule has 1 aliphatic rings. The number of pyridine rings is 1. The summed E-state index contributed by atoms with van der Waals surface area (Å²) in [6.07, 6.45) is 1.52.